The number of halogens is 1. The van der Waals surface area contributed by atoms with Gasteiger partial charge in [0.2, 0.25) is 15.9 Å². The van der Waals surface area contributed by atoms with Crippen LogP contribution >= 0.6 is 0 Å². The molecule has 0 saturated heterocycles. The van der Waals surface area contributed by atoms with Crippen molar-refractivity contribution in [3.63, 3.8) is 0 Å². The molecule has 3 rings (SSSR count). The molecular weight excluding hydrogens is 385 g/mol. The Balaban J connectivity index is 1.82. The lowest BCUT2D eigenvalue weighted by molar-refractivity contribution is -0.122. The highest BCUT2D eigenvalue weighted by molar-refractivity contribution is 7.89. The Bertz CT molecular complexity index is 1000. The number of likely N-dealkylation sites (N-methyl/N-ethyl adjacent to an activating group) is 1. The van der Waals surface area contributed by atoms with Gasteiger partial charge in [-0.15, -0.1) is 0 Å². The number of nitrogens with two attached hydrogens (primary N) is 1. The quantitative estimate of drug-likeness (QED) is 0.728. The fourth-order valence-electron chi connectivity index (χ4n) is 2.84. The lowest BCUT2D eigenvalue weighted by atomic mass is 10.0. The molecule has 0 bridgehead atoms. The van der Waals surface area contributed by atoms with E-state index in [4.69, 9.17) is 5.73 Å². The molecule has 9 heteroatoms. The fraction of sp³-hybridized carbons (Fsp3) is 0.263. The van der Waals surface area contributed by atoms with E-state index in [2.05, 4.69) is 4.72 Å². The second-order valence-corrected chi connectivity index (χ2v) is 8.41. The third-order valence-electron chi connectivity index (χ3n) is 4.45. The molecule has 1 unspecified atom stereocenters. The molecule has 1 aliphatic rings. The molecule has 0 aliphatic heterocycles. The Kier molecular flexibility index (Phi) is 5.48. The van der Waals surface area contributed by atoms with E-state index in [-0.39, 0.29) is 22.1 Å². The molecule has 7 nitrogen and oxygen atoms in total. The summed E-state index contributed by atoms with van der Waals surface area (Å²) in [5.74, 6) is -1.91. The number of rotatable bonds is 7. The van der Waals surface area contributed by atoms with Gasteiger partial charge in [0.15, 0.2) is 0 Å². The second-order valence-electron chi connectivity index (χ2n) is 6.70. The maximum Gasteiger partial charge on any atom is 0.254 e. The van der Waals surface area contributed by atoms with Crippen LogP contribution in [0.25, 0.3) is 0 Å². The highest BCUT2D eigenvalue weighted by Gasteiger charge is 2.29. The van der Waals surface area contributed by atoms with Crippen LogP contribution < -0.4 is 10.5 Å². The van der Waals surface area contributed by atoms with Gasteiger partial charge in [-0.2, -0.15) is 0 Å². The van der Waals surface area contributed by atoms with Crippen molar-refractivity contribution in [3.05, 3.63) is 65.5 Å². The molecule has 1 saturated carbocycles. The Morgan fingerprint density at radius 2 is 1.82 bits per heavy atom. The number of sulfonamides is 1. The summed E-state index contributed by atoms with van der Waals surface area (Å²) >= 11 is 0. The molecule has 148 valence electrons. The van der Waals surface area contributed by atoms with Crippen LogP contribution in [-0.4, -0.2) is 38.2 Å². The number of benzene rings is 2. The minimum atomic E-state index is -3.63. The Labute approximate surface area is 162 Å². The molecule has 2 aromatic carbocycles. The zero-order valence-corrected chi connectivity index (χ0v) is 15.9. The van der Waals surface area contributed by atoms with E-state index < -0.39 is 33.7 Å². The summed E-state index contributed by atoms with van der Waals surface area (Å²) in [5.41, 5.74) is 5.85. The van der Waals surface area contributed by atoms with Gasteiger partial charge in [-0.05, 0) is 54.8 Å². The first kappa shape index (κ1) is 20.0. The van der Waals surface area contributed by atoms with Crippen LogP contribution in [0.15, 0.2) is 53.4 Å². The summed E-state index contributed by atoms with van der Waals surface area (Å²) < 4.78 is 40.5. The van der Waals surface area contributed by atoms with Crippen molar-refractivity contribution in [2.75, 3.05) is 7.05 Å². The smallest absolute Gasteiger partial charge is 0.254 e. The maximum atomic E-state index is 13.5. The summed E-state index contributed by atoms with van der Waals surface area (Å²) in [7, 11) is -2.25. The molecule has 3 N–H and O–H groups in total. The van der Waals surface area contributed by atoms with Gasteiger partial charge in [0.1, 0.15) is 11.9 Å². The Morgan fingerprint density at radius 1 is 1.18 bits per heavy atom. The summed E-state index contributed by atoms with van der Waals surface area (Å²) in [6.07, 6.45) is 1.63. The van der Waals surface area contributed by atoms with Crippen molar-refractivity contribution < 1.29 is 22.4 Å². The predicted molar refractivity (Wildman–Crippen MR) is 100 cm³/mol. The third kappa shape index (κ3) is 4.37. The molecule has 1 fully saturated rings. The van der Waals surface area contributed by atoms with Gasteiger partial charge in [0.25, 0.3) is 5.91 Å². The standard InChI is InChI=1S/C19H20FN3O4S/c1-23(17(18(21)24)13-3-2-4-14(20)11-13)19(25)12-5-9-16(10-6-12)28(26,27)22-15-7-8-15/h2-6,9-11,15,17,22H,7-8H2,1H3,(H2,21,24). The SMILES string of the molecule is CN(C(=O)c1ccc(S(=O)(=O)NC2CC2)cc1)C(C(N)=O)c1cccc(F)c1. The highest BCUT2D eigenvalue weighted by Crippen LogP contribution is 2.24. The maximum absolute atomic E-state index is 13.5. The van der Waals surface area contributed by atoms with E-state index in [1.54, 1.807) is 0 Å². The average Bonchev–Trinajstić information content (AvgIpc) is 3.44. The van der Waals surface area contributed by atoms with Gasteiger partial charge in [-0.1, -0.05) is 12.1 Å². The number of amides is 2. The molecule has 1 atom stereocenters. The topological polar surface area (TPSA) is 110 Å². The van der Waals surface area contributed by atoms with Crippen LogP contribution in [0.3, 0.4) is 0 Å². The van der Waals surface area contributed by atoms with Crippen LogP contribution in [-0.2, 0) is 14.8 Å². The molecule has 0 spiro atoms. The fourth-order valence-corrected chi connectivity index (χ4v) is 4.15. The minimum absolute atomic E-state index is 0.0277. The molecule has 0 radical (unpaired) electrons. The van der Waals surface area contributed by atoms with Crippen LogP contribution in [0.5, 0.6) is 0 Å². The number of primary amides is 1. The van der Waals surface area contributed by atoms with Crippen molar-refractivity contribution >= 4 is 21.8 Å². The van der Waals surface area contributed by atoms with Crippen LogP contribution in [0.2, 0.25) is 0 Å². The average molecular weight is 405 g/mol. The molecule has 2 amide bonds. The summed E-state index contributed by atoms with van der Waals surface area (Å²) in [5, 5.41) is 0. The van der Waals surface area contributed by atoms with E-state index in [0.29, 0.717) is 0 Å². The van der Waals surface area contributed by atoms with Gasteiger partial charge in [0, 0.05) is 18.7 Å². The minimum Gasteiger partial charge on any atom is -0.368 e. The normalized spacial score (nSPS) is 15.1. The van der Waals surface area contributed by atoms with Crippen LogP contribution in [0.1, 0.15) is 34.8 Å². The van der Waals surface area contributed by atoms with E-state index >= 15 is 0 Å². The first-order valence-corrected chi connectivity index (χ1v) is 10.1. The Morgan fingerprint density at radius 3 is 2.36 bits per heavy atom. The zero-order valence-electron chi connectivity index (χ0n) is 15.1. The van der Waals surface area contributed by atoms with Crippen molar-refractivity contribution in [1.82, 2.24) is 9.62 Å². The monoisotopic (exact) mass is 405 g/mol. The second kappa shape index (κ2) is 7.69. The number of nitrogens with one attached hydrogen (secondary N) is 1. The first-order valence-electron chi connectivity index (χ1n) is 8.63. The number of carbonyl (C=O) groups is 2. The lowest BCUT2D eigenvalue weighted by Gasteiger charge is -2.26. The zero-order chi connectivity index (χ0) is 20.5. The van der Waals surface area contributed by atoms with E-state index in [9.17, 15) is 22.4 Å². The predicted octanol–water partition coefficient (Wildman–Crippen LogP) is 1.56. The molecule has 28 heavy (non-hydrogen) atoms. The van der Waals surface area contributed by atoms with E-state index in [0.717, 1.165) is 23.8 Å². The van der Waals surface area contributed by atoms with Gasteiger partial charge in [-0.3, -0.25) is 9.59 Å². The highest BCUT2D eigenvalue weighted by atomic mass is 32.2. The van der Waals surface area contributed by atoms with Gasteiger partial charge < -0.3 is 10.6 Å². The van der Waals surface area contributed by atoms with Crippen molar-refractivity contribution in [2.45, 2.75) is 29.8 Å². The van der Waals surface area contributed by atoms with E-state index in [1.807, 2.05) is 0 Å². The Hall–Kier alpha value is -2.78. The summed E-state index contributed by atoms with van der Waals surface area (Å²) in [4.78, 5) is 25.8. The van der Waals surface area contributed by atoms with Crippen molar-refractivity contribution in [3.8, 4) is 0 Å². The molecular formula is C19H20FN3O4S. The van der Waals surface area contributed by atoms with Gasteiger partial charge in [0.05, 0.1) is 4.90 Å². The molecule has 2 aromatic rings. The van der Waals surface area contributed by atoms with Gasteiger partial charge in [-0.25, -0.2) is 17.5 Å². The number of carbonyl (C=O) groups excluding carboxylic acids is 2. The van der Waals surface area contributed by atoms with Gasteiger partial charge >= 0.3 is 0 Å². The largest absolute Gasteiger partial charge is 0.368 e. The lowest BCUT2D eigenvalue weighted by Crippen LogP contribution is -2.39. The first-order chi connectivity index (χ1) is 13.2. The summed E-state index contributed by atoms with van der Waals surface area (Å²) in [6.45, 7) is 0. The van der Waals surface area contributed by atoms with E-state index in [1.165, 1.54) is 49.5 Å². The molecule has 0 heterocycles. The third-order valence-corrected chi connectivity index (χ3v) is 5.99. The number of nitrogens with zero attached hydrogens (tertiary/aromatic N) is 1. The van der Waals surface area contributed by atoms with Crippen molar-refractivity contribution in [2.24, 2.45) is 5.73 Å². The van der Waals surface area contributed by atoms with Crippen LogP contribution in [0.4, 0.5) is 4.39 Å². The van der Waals surface area contributed by atoms with Crippen molar-refractivity contribution in [1.29, 1.82) is 0 Å². The molecule has 0 aromatic heterocycles. The molecule has 1 aliphatic carbocycles. The number of hydrogen-bond acceptors (Lipinski definition) is 4. The number of hydrogen-bond donors (Lipinski definition) is 2. The summed E-state index contributed by atoms with van der Waals surface area (Å²) in [6, 6.07) is 9.47. The van der Waals surface area contributed by atoms with Crippen LogP contribution in [0, 0.1) is 5.82 Å².